The number of aromatic nitrogens is 2. The Morgan fingerprint density at radius 2 is 2.20 bits per heavy atom. The molecule has 1 fully saturated rings. The highest BCUT2D eigenvalue weighted by molar-refractivity contribution is 5.79. The summed E-state index contributed by atoms with van der Waals surface area (Å²) in [5.74, 6) is 0.863. The SMILES string of the molecule is CN(C)CCN(C)C(=O)[C@@H]1CCO[C@H]1c1nccn1C. The zero-order valence-corrected chi connectivity index (χ0v) is 12.7. The van der Waals surface area contributed by atoms with Crippen LogP contribution in [0.5, 0.6) is 0 Å². The molecular formula is C14H24N4O2. The van der Waals surface area contributed by atoms with Crippen molar-refractivity contribution in [1.82, 2.24) is 19.4 Å². The number of amides is 1. The van der Waals surface area contributed by atoms with Crippen LogP contribution in [0.4, 0.5) is 0 Å². The standard InChI is InChI=1S/C14H24N4O2/c1-16(2)8-9-18(4)14(19)11-5-10-20-12(11)13-15-6-7-17(13)3/h6-7,11-12H,5,8-10H2,1-4H3/t11-,12-/m1/s1. The summed E-state index contributed by atoms with van der Waals surface area (Å²) >= 11 is 0. The van der Waals surface area contributed by atoms with E-state index in [1.54, 1.807) is 11.1 Å². The average molecular weight is 280 g/mol. The quantitative estimate of drug-likeness (QED) is 0.789. The van der Waals surface area contributed by atoms with Crippen molar-refractivity contribution in [3.05, 3.63) is 18.2 Å². The van der Waals surface area contributed by atoms with Crippen LogP contribution in [0.3, 0.4) is 0 Å². The number of nitrogens with zero attached hydrogens (tertiary/aromatic N) is 4. The van der Waals surface area contributed by atoms with Gasteiger partial charge in [0.15, 0.2) is 0 Å². The zero-order chi connectivity index (χ0) is 14.7. The lowest BCUT2D eigenvalue weighted by Crippen LogP contribution is -2.38. The van der Waals surface area contributed by atoms with E-state index in [4.69, 9.17) is 4.74 Å². The van der Waals surface area contributed by atoms with Gasteiger partial charge in [-0.3, -0.25) is 4.79 Å². The Morgan fingerprint density at radius 1 is 1.45 bits per heavy atom. The van der Waals surface area contributed by atoms with Crippen molar-refractivity contribution in [2.75, 3.05) is 40.8 Å². The third-order valence-corrected chi connectivity index (χ3v) is 3.78. The van der Waals surface area contributed by atoms with Crippen LogP contribution >= 0.6 is 0 Å². The van der Waals surface area contributed by atoms with Gasteiger partial charge < -0.3 is 19.1 Å². The van der Waals surface area contributed by atoms with Gasteiger partial charge in [0.1, 0.15) is 11.9 Å². The van der Waals surface area contributed by atoms with Crippen LogP contribution in [-0.4, -0.2) is 66.1 Å². The second kappa shape index (κ2) is 6.37. The molecule has 0 N–H and O–H groups in total. The van der Waals surface area contributed by atoms with E-state index in [1.165, 1.54) is 0 Å². The van der Waals surface area contributed by atoms with Crippen molar-refractivity contribution in [2.45, 2.75) is 12.5 Å². The van der Waals surface area contributed by atoms with E-state index in [-0.39, 0.29) is 17.9 Å². The Bertz CT molecular complexity index is 458. The minimum Gasteiger partial charge on any atom is -0.369 e. The molecule has 0 spiro atoms. The number of likely N-dealkylation sites (N-methyl/N-ethyl adjacent to an activating group) is 2. The highest BCUT2D eigenvalue weighted by atomic mass is 16.5. The monoisotopic (exact) mass is 280 g/mol. The maximum atomic E-state index is 12.6. The van der Waals surface area contributed by atoms with Gasteiger partial charge >= 0.3 is 0 Å². The molecular weight excluding hydrogens is 256 g/mol. The lowest BCUT2D eigenvalue weighted by molar-refractivity contribution is -0.136. The van der Waals surface area contributed by atoms with Crippen LogP contribution in [0.25, 0.3) is 0 Å². The highest BCUT2D eigenvalue weighted by Gasteiger charge is 2.38. The molecule has 112 valence electrons. The van der Waals surface area contributed by atoms with Gasteiger partial charge in [0, 0.05) is 46.2 Å². The minimum absolute atomic E-state index is 0.122. The number of aryl methyl sites for hydroxylation is 1. The fraction of sp³-hybridized carbons (Fsp3) is 0.714. The van der Waals surface area contributed by atoms with Gasteiger partial charge in [-0.2, -0.15) is 0 Å². The van der Waals surface area contributed by atoms with E-state index < -0.39 is 0 Å². The van der Waals surface area contributed by atoms with E-state index in [0.29, 0.717) is 6.61 Å². The van der Waals surface area contributed by atoms with E-state index in [9.17, 15) is 4.79 Å². The molecule has 0 bridgehead atoms. The summed E-state index contributed by atoms with van der Waals surface area (Å²) in [6.07, 6.45) is 4.18. The first-order valence-electron chi connectivity index (χ1n) is 6.99. The van der Waals surface area contributed by atoms with E-state index >= 15 is 0 Å². The average Bonchev–Trinajstić information content (AvgIpc) is 3.02. The maximum Gasteiger partial charge on any atom is 0.228 e. The van der Waals surface area contributed by atoms with Crippen LogP contribution in [0, 0.1) is 5.92 Å². The Balaban J connectivity index is 2.03. The van der Waals surface area contributed by atoms with Crippen molar-refractivity contribution in [2.24, 2.45) is 13.0 Å². The van der Waals surface area contributed by atoms with Gasteiger partial charge in [0.25, 0.3) is 0 Å². The summed E-state index contributed by atoms with van der Waals surface area (Å²) in [5.41, 5.74) is 0. The number of carbonyl (C=O) groups is 1. The predicted molar refractivity (Wildman–Crippen MR) is 76.2 cm³/mol. The Labute approximate surface area is 120 Å². The lowest BCUT2D eigenvalue weighted by Gasteiger charge is -2.25. The van der Waals surface area contributed by atoms with Crippen molar-refractivity contribution < 1.29 is 9.53 Å². The molecule has 0 radical (unpaired) electrons. The fourth-order valence-electron chi connectivity index (χ4n) is 2.49. The Kier molecular flexibility index (Phi) is 4.77. The van der Waals surface area contributed by atoms with Crippen LogP contribution in [-0.2, 0) is 16.6 Å². The predicted octanol–water partition coefficient (Wildman–Crippen LogP) is 0.518. The third kappa shape index (κ3) is 3.19. The van der Waals surface area contributed by atoms with E-state index in [2.05, 4.69) is 9.88 Å². The Hall–Kier alpha value is -1.40. The molecule has 1 aliphatic rings. The van der Waals surface area contributed by atoms with Crippen LogP contribution in [0.2, 0.25) is 0 Å². The van der Waals surface area contributed by atoms with Gasteiger partial charge in [-0.25, -0.2) is 4.98 Å². The largest absolute Gasteiger partial charge is 0.369 e. The molecule has 0 aliphatic carbocycles. The smallest absolute Gasteiger partial charge is 0.228 e. The summed E-state index contributed by atoms with van der Waals surface area (Å²) in [4.78, 5) is 20.8. The van der Waals surface area contributed by atoms with Crippen LogP contribution in [0.15, 0.2) is 12.4 Å². The second-order valence-electron chi connectivity index (χ2n) is 5.65. The molecule has 6 heteroatoms. The molecule has 0 aromatic carbocycles. The number of imidazole rings is 1. The molecule has 2 rings (SSSR count). The van der Waals surface area contributed by atoms with Gasteiger partial charge in [0.2, 0.25) is 5.91 Å². The van der Waals surface area contributed by atoms with Crippen molar-refractivity contribution in [1.29, 1.82) is 0 Å². The van der Waals surface area contributed by atoms with Crippen molar-refractivity contribution >= 4 is 5.91 Å². The first kappa shape index (κ1) is 15.0. The number of carbonyl (C=O) groups excluding carboxylic acids is 1. The molecule has 6 nitrogen and oxygen atoms in total. The van der Waals surface area contributed by atoms with E-state index in [0.717, 1.165) is 25.3 Å². The first-order chi connectivity index (χ1) is 9.50. The summed E-state index contributed by atoms with van der Waals surface area (Å²) in [6.45, 7) is 2.22. The summed E-state index contributed by atoms with van der Waals surface area (Å²) < 4.78 is 7.67. The molecule has 0 unspecified atom stereocenters. The summed E-state index contributed by atoms with van der Waals surface area (Å²) in [5, 5.41) is 0. The summed E-state index contributed by atoms with van der Waals surface area (Å²) in [7, 11) is 7.81. The summed E-state index contributed by atoms with van der Waals surface area (Å²) in [6, 6.07) is 0. The normalized spacial score (nSPS) is 22.4. The molecule has 1 aromatic heterocycles. The van der Waals surface area contributed by atoms with Crippen molar-refractivity contribution in [3.63, 3.8) is 0 Å². The van der Waals surface area contributed by atoms with Crippen molar-refractivity contribution in [3.8, 4) is 0 Å². The van der Waals surface area contributed by atoms with Gasteiger partial charge in [-0.1, -0.05) is 0 Å². The molecule has 1 aliphatic heterocycles. The zero-order valence-electron chi connectivity index (χ0n) is 12.7. The minimum atomic E-state index is -0.218. The molecule has 1 aromatic rings. The molecule has 1 amide bonds. The molecule has 2 atom stereocenters. The third-order valence-electron chi connectivity index (χ3n) is 3.78. The lowest BCUT2D eigenvalue weighted by atomic mass is 9.99. The molecule has 2 heterocycles. The van der Waals surface area contributed by atoms with Crippen LogP contribution < -0.4 is 0 Å². The maximum absolute atomic E-state index is 12.6. The number of hydrogen-bond acceptors (Lipinski definition) is 4. The van der Waals surface area contributed by atoms with Gasteiger partial charge in [-0.15, -0.1) is 0 Å². The Morgan fingerprint density at radius 3 is 2.80 bits per heavy atom. The second-order valence-corrected chi connectivity index (χ2v) is 5.65. The molecule has 1 saturated heterocycles. The number of hydrogen-bond donors (Lipinski definition) is 0. The highest BCUT2D eigenvalue weighted by Crippen LogP contribution is 2.34. The number of rotatable bonds is 5. The first-order valence-corrected chi connectivity index (χ1v) is 6.99. The van der Waals surface area contributed by atoms with E-state index in [1.807, 2.05) is 39.0 Å². The van der Waals surface area contributed by atoms with Gasteiger partial charge in [-0.05, 0) is 20.5 Å². The molecule has 0 saturated carbocycles. The number of ether oxygens (including phenoxy) is 1. The van der Waals surface area contributed by atoms with Crippen LogP contribution in [0.1, 0.15) is 18.3 Å². The fourth-order valence-corrected chi connectivity index (χ4v) is 2.49. The molecule has 20 heavy (non-hydrogen) atoms. The van der Waals surface area contributed by atoms with Gasteiger partial charge in [0.05, 0.1) is 5.92 Å². The topological polar surface area (TPSA) is 50.6 Å².